The van der Waals surface area contributed by atoms with Crippen LogP contribution in [0.15, 0.2) is 77.4 Å². The van der Waals surface area contributed by atoms with Crippen LogP contribution in [0.25, 0.3) is 21.5 Å². The highest BCUT2D eigenvalue weighted by Crippen LogP contribution is 2.45. The van der Waals surface area contributed by atoms with Crippen molar-refractivity contribution in [3.8, 4) is 6.07 Å². The van der Waals surface area contributed by atoms with Crippen molar-refractivity contribution in [1.82, 2.24) is 0 Å². The standard InChI is InChI=1S/C24H20N2O3/c1-3-28-24(27)20-14(2)29-23(26)19(13-25)22(20)21-17-10-6-4-8-15(17)12-16-9-5-7-11-18(16)21/h4-12,22H,3,26H2,1-2H3/t22-/m1/s1. The molecule has 0 radical (unpaired) electrons. The molecule has 4 rings (SSSR count). The molecule has 0 bridgehead atoms. The molecule has 29 heavy (non-hydrogen) atoms. The monoisotopic (exact) mass is 384 g/mol. The zero-order valence-corrected chi connectivity index (χ0v) is 16.2. The predicted octanol–water partition coefficient (Wildman–Crippen LogP) is 4.64. The third-order valence-electron chi connectivity index (χ3n) is 5.20. The van der Waals surface area contributed by atoms with E-state index in [2.05, 4.69) is 12.1 Å². The molecule has 0 aromatic heterocycles. The van der Waals surface area contributed by atoms with E-state index >= 15 is 0 Å². The molecule has 144 valence electrons. The van der Waals surface area contributed by atoms with Crippen molar-refractivity contribution >= 4 is 27.5 Å². The van der Waals surface area contributed by atoms with Gasteiger partial charge in [0.25, 0.3) is 0 Å². The van der Waals surface area contributed by atoms with Gasteiger partial charge in [0.15, 0.2) is 0 Å². The number of rotatable bonds is 3. The summed E-state index contributed by atoms with van der Waals surface area (Å²) in [6.45, 7) is 3.64. The molecule has 1 atom stereocenters. The van der Waals surface area contributed by atoms with Crippen molar-refractivity contribution < 1.29 is 14.3 Å². The van der Waals surface area contributed by atoms with Gasteiger partial charge in [0.2, 0.25) is 5.88 Å². The number of fused-ring (bicyclic) bond motifs is 2. The second-order valence-corrected chi connectivity index (χ2v) is 6.85. The largest absolute Gasteiger partial charge is 0.463 e. The van der Waals surface area contributed by atoms with Crippen molar-refractivity contribution in [2.75, 3.05) is 6.61 Å². The number of hydrogen-bond donors (Lipinski definition) is 1. The van der Waals surface area contributed by atoms with Gasteiger partial charge in [0.1, 0.15) is 17.4 Å². The third kappa shape index (κ3) is 2.99. The van der Waals surface area contributed by atoms with Crippen LogP contribution in [0.3, 0.4) is 0 Å². The Hall–Kier alpha value is -3.78. The minimum absolute atomic E-state index is 0.0139. The van der Waals surface area contributed by atoms with E-state index in [1.165, 1.54) is 0 Å². The lowest BCUT2D eigenvalue weighted by molar-refractivity contribution is -0.139. The van der Waals surface area contributed by atoms with E-state index in [4.69, 9.17) is 15.2 Å². The molecule has 5 heteroatoms. The summed E-state index contributed by atoms with van der Waals surface area (Å²) in [5.41, 5.74) is 7.44. The lowest BCUT2D eigenvalue weighted by atomic mass is 9.78. The smallest absolute Gasteiger partial charge is 0.338 e. The molecule has 0 saturated carbocycles. The first kappa shape index (κ1) is 18.6. The van der Waals surface area contributed by atoms with E-state index in [0.29, 0.717) is 11.3 Å². The Balaban J connectivity index is 2.13. The number of hydrogen-bond acceptors (Lipinski definition) is 5. The summed E-state index contributed by atoms with van der Waals surface area (Å²) in [4.78, 5) is 12.9. The second-order valence-electron chi connectivity index (χ2n) is 6.85. The molecule has 0 saturated heterocycles. The summed E-state index contributed by atoms with van der Waals surface area (Å²) in [5, 5.41) is 13.9. The average Bonchev–Trinajstić information content (AvgIpc) is 2.71. The molecule has 5 nitrogen and oxygen atoms in total. The molecule has 2 N–H and O–H groups in total. The highest BCUT2D eigenvalue weighted by atomic mass is 16.5. The Morgan fingerprint density at radius 3 is 2.28 bits per heavy atom. The summed E-state index contributed by atoms with van der Waals surface area (Å²) in [5.74, 6) is -0.821. The maximum absolute atomic E-state index is 12.9. The van der Waals surface area contributed by atoms with Crippen molar-refractivity contribution in [3.05, 3.63) is 82.9 Å². The van der Waals surface area contributed by atoms with Crippen LogP contribution in [-0.2, 0) is 14.3 Å². The van der Waals surface area contributed by atoms with Gasteiger partial charge in [-0.25, -0.2) is 4.79 Å². The Kier molecular flexibility index (Phi) is 4.69. The van der Waals surface area contributed by atoms with E-state index in [1.807, 2.05) is 48.5 Å². The van der Waals surface area contributed by atoms with Gasteiger partial charge in [-0.2, -0.15) is 5.26 Å². The maximum atomic E-state index is 12.9. The number of nitriles is 1. The molecule has 1 aliphatic rings. The normalized spacial score (nSPS) is 16.7. The first-order chi connectivity index (χ1) is 14.1. The van der Waals surface area contributed by atoms with Crippen LogP contribution in [-0.4, -0.2) is 12.6 Å². The third-order valence-corrected chi connectivity index (χ3v) is 5.20. The summed E-state index contributed by atoms with van der Waals surface area (Å²) in [6.07, 6.45) is 0. The minimum atomic E-state index is -0.677. The van der Waals surface area contributed by atoms with Crippen LogP contribution < -0.4 is 5.73 Å². The van der Waals surface area contributed by atoms with Gasteiger partial charge in [0, 0.05) is 0 Å². The van der Waals surface area contributed by atoms with E-state index in [-0.39, 0.29) is 18.1 Å². The molecular formula is C24H20N2O3. The highest BCUT2D eigenvalue weighted by Gasteiger charge is 2.38. The molecule has 1 aliphatic heterocycles. The SMILES string of the molecule is CCOC(=O)C1=C(C)OC(N)=C(C#N)[C@H]1c1c2ccccc2cc2ccccc12. The number of nitrogens with two attached hydrogens (primary N) is 1. The maximum Gasteiger partial charge on any atom is 0.338 e. The number of carbonyl (C=O) groups is 1. The number of carbonyl (C=O) groups excluding carboxylic acids is 1. The summed E-state index contributed by atoms with van der Waals surface area (Å²) in [6, 6.07) is 20.1. The van der Waals surface area contributed by atoms with Gasteiger partial charge in [-0.1, -0.05) is 48.5 Å². The number of ether oxygens (including phenoxy) is 2. The molecule has 0 spiro atoms. The number of allylic oxidation sites excluding steroid dienone is 2. The van der Waals surface area contributed by atoms with E-state index in [0.717, 1.165) is 27.1 Å². The number of benzene rings is 3. The van der Waals surface area contributed by atoms with Crippen molar-refractivity contribution in [3.63, 3.8) is 0 Å². The summed E-state index contributed by atoms with van der Waals surface area (Å²) < 4.78 is 10.9. The minimum Gasteiger partial charge on any atom is -0.463 e. The Bertz CT molecular complexity index is 1190. The van der Waals surface area contributed by atoms with Gasteiger partial charge in [-0.05, 0) is 47.0 Å². The van der Waals surface area contributed by atoms with E-state index in [1.54, 1.807) is 13.8 Å². The molecule has 0 amide bonds. The first-order valence-electron chi connectivity index (χ1n) is 9.42. The molecular weight excluding hydrogens is 364 g/mol. The van der Waals surface area contributed by atoms with Gasteiger partial charge in [-0.3, -0.25) is 0 Å². The molecule has 3 aromatic carbocycles. The Morgan fingerprint density at radius 1 is 1.14 bits per heavy atom. The molecule has 0 aliphatic carbocycles. The summed E-state index contributed by atoms with van der Waals surface area (Å²) >= 11 is 0. The molecule has 0 fully saturated rings. The van der Waals surface area contributed by atoms with Crippen molar-refractivity contribution in [2.24, 2.45) is 5.73 Å². The lowest BCUT2D eigenvalue weighted by Crippen LogP contribution is -2.25. The van der Waals surface area contributed by atoms with Crippen molar-refractivity contribution in [2.45, 2.75) is 19.8 Å². The van der Waals surface area contributed by atoms with Gasteiger partial charge in [0.05, 0.1) is 18.1 Å². The van der Waals surface area contributed by atoms with Crippen LogP contribution in [0.5, 0.6) is 0 Å². The number of esters is 1. The molecule has 3 aromatic rings. The van der Waals surface area contributed by atoms with Crippen molar-refractivity contribution in [1.29, 1.82) is 5.26 Å². The van der Waals surface area contributed by atoms with Crippen LogP contribution in [0.2, 0.25) is 0 Å². The quantitative estimate of drug-likeness (QED) is 0.525. The Morgan fingerprint density at radius 2 is 1.72 bits per heavy atom. The predicted molar refractivity (Wildman–Crippen MR) is 111 cm³/mol. The van der Waals surface area contributed by atoms with E-state index in [9.17, 15) is 10.1 Å². The zero-order valence-electron chi connectivity index (χ0n) is 16.2. The lowest BCUT2D eigenvalue weighted by Gasteiger charge is -2.28. The number of nitrogens with zero attached hydrogens (tertiary/aromatic N) is 1. The topological polar surface area (TPSA) is 85.3 Å². The van der Waals surface area contributed by atoms with Crippen LogP contribution >= 0.6 is 0 Å². The fourth-order valence-corrected chi connectivity index (χ4v) is 4.00. The summed E-state index contributed by atoms with van der Waals surface area (Å²) in [7, 11) is 0. The fraction of sp³-hybridized carbons (Fsp3) is 0.167. The highest BCUT2D eigenvalue weighted by molar-refractivity contribution is 6.05. The second kappa shape index (κ2) is 7.33. The molecule has 0 unspecified atom stereocenters. The van der Waals surface area contributed by atoms with Crippen LogP contribution in [0, 0.1) is 11.3 Å². The fourth-order valence-electron chi connectivity index (χ4n) is 4.00. The first-order valence-corrected chi connectivity index (χ1v) is 9.42. The average molecular weight is 384 g/mol. The van der Waals surface area contributed by atoms with Gasteiger partial charge < -0.3 is 15.2 Å². The Labute approximate surface area is 168 Å². The van der Waals surface area contributed by atoms with Crippen LogP contribution in [0.4, 0.5) is 0 Å². The van der Waals surface area contributed by atoms with Crippen LogP contribution in [0.1, 0.15) is 25.3 Å². The molecule has 1 heterocycles. The van der Waals surface area contributed by atoms with Gasteiger partial charge in [-0.15, -0.1) is 0 Å². The van der Waals surface area contributed by atoms with E-state index < -0.39 is 11.9 Å². The van der Waals surface area contributed by atoms with Gasteiger partial charge >= 0.3 is 5.97 Å². The zero-order chi connectivity index (χ0) is 20.5.